The lowest BCUT2D eigenvalue weighted by Crippen LogP contribution is -2.34. The molecule has 2 unspecified atom stereocenters. The van der Waals surface area contributed by atoms with E-state index in [1.165, 1.54) is 5.56 Å². The van der Waals surface area contributed by atoms with Crippen molar-refractivity contribution in [1.82, 2.24) is 10.3 Å². The first kappa shape index (κ1) is 12.1. The fourth-order valence-corrected chi connectivity index (χ4v) is 1.98. The summed E-state index contributed by atoms with van der Waals surface area (Å²) in [6.45, 7) is 5.11. The Kier molecular flexibility index (Phi) is 4.72. The average molecular weight is 207 g/mol. The highest BCUT2D eigenvalue weighted by molar-refractivity contribution is 5.15. The van der Waals surface area contributed by atoms with Crippen molar-refractivity contribution in [3.8, 4) is 0 Å². The molecule has 0 aliphatic rings. The van der Waals surface area contributed by atoms with Crippen molar-refractivity contribution in [2.75, 3.05) is 13.6 Å². The minimum atomic E-state index is 0.295. The zero-order valence-corrected chi connectivity index (χ0v) is 9.77. The predicted octanol–water partition coefficient (Wildman–Crippen LogP) is 1.57. The molecule has 0 amide bonds. The number of pyridine rings is 1. The lowest BCUT2D eigenvalue weighted by atomic mass is 9.85. The number of aromatic nitrogens is 1. The van der Waals surface area contributed by atoms with Crippen LogP contribution in [0.3, 0.4) is 0 Å². The second-order valence-corrected chi connectivity index (χ2v) is 4.20. The van der Waals surface area contributed by atoms with Crippen LogP contribution in [0.2, 0.25) is 0 Å². The van der Waals surface area contributed by atoms with E-state index in [-0.39, 0.29) is 0 Å². The maximum atomic E-state index is 5.83. The lowest BCUT2D eigenvalue weighted by Gasteiger charge is -2.29. The minimum absolute atomic E-state index is 0.295. The van der Waals surface area contributed by atoms with Crippen molar-refractivity contribution in [3.05, 3.63) is 30.1 Å². The Labute approximate surface area is 92.1 Å². The molecule has 0 radical (unpaired) electrons. The summed E-state index contributed by atoms with van der Waals surface area (Å²) in [6, 6.07) is 4.36. The Morgan fingerprint density at radius 3 is 2.60 bits per heavy atom. The van der Waals surface area contributed by atoms with Gasteiger partial charge in [-0.3, -0.25) is 4.98 Å². The average Bonchev–Trinajstić information content (AvgIpc) is 2.26. The van der Waals surface area contributed by atoms with Gasteiger partial charge in [0.25, 0.3) is 0 Å². The van der Waals surface area contributed by atoms with Crippen LogP contribution < -0.4 is 11.1 Å². The highest BCUT2D eigenvalue weighted by Gasteiger charge is 2.23. The van der Waals surface area contributed by atoms with Crippen molar-refractivity contribution in [1.29, 1.82) is 0 Å². The van der Waals surface area contributed by atoms with Crippen LogP contribution in [-0.2, 0) is 0 Å². The topological polar surface area (TPSA) is 50.9 Å². The standard InChI is InChI=1S/C12H21N3/c1-9(2)11(7-13)12(14-3)10-5-4-6-15-8-10/h4-6,8-9,11-12,14H,7,13H2,1-3H3. The van der Waals surface area contributed by atoms with Crippen LogP contribution in [0.1, 0.15) is 25.5 Å². The molecule has 1 rings (SSSR count). The largest absolute Gasteiger partial charge is 0.330 e. The third-order valence-electron chi connectivity index (χ3n) is 2.91. The molecule has 15 heavy (non-hydrogen) atoms. The van der Waals surface area contributed by atoms with Crippen LogP contribution in [0.4, 0.5) is 0 Å². The van der Waals surface area contributed by atoms with Gasteiger partial charge in [0.15, 0.2) is 0 Å². The Balaban J connectivity index is 2.87. The quantitative estimate of drug-likeness (QED) is 0.770. The summed E-state index contributed by atoms with van der Waals surface area (Å²) >= 11 is 0. The third kappa shape index (κ3) is 3.01. The van der Waals surface area contributed by atoms with Gasteiger partial charge in [0.1, 0.15) is 0 Å². The molecule has 0 saturated carbocycles. The molecular weight excluding hydrogens is 186 g/mol. The molecule has 84 valence electrons. The molecule has 0 bridgehead atoms. The van der Waals surface area contributed by atoms with E-state index in [0.29, 0.717) is 24.4 Å². The molecular formula is C12H21N3. The second kappa shape index (κ2) is 5.83. The molecule has 1 aromatic heterocycles. The number of nitrogens with one attached hydrogen (secondary N) is 1. The summed E-state index contributed by atoms with van der Waals surface area (Å²) in [5, 5.41) is 3.33. The Hall–Kier alpha value is -0.930. The van der Waals surface area contributed by atoms with E-state index in [2.05, 4.69) is 30.2 Å². The van der Waals surface area contributed by atoms with E-state index in [1.807, 2.05) is 19.3 Å². The van der Waals surface area contributed by atoms with Crippen LogP contribution >= 0.6 is 0 Å². The molecule has 0 spiro atoms. The molecule has 0 aromatic carbocycles. The summed E-state index contributed by atoms with van der Waals surface area (Å²) in [5.74, 6) is 1.01. The van der Waals surface area contributed by atoms with Crippen molar-refractivity contribution < 1.29 is 0 Å². The summed E-state index contributed by atoms with van der Waals surface area (Å²) in [7, 11) is 1.97. The second-order valence-electron chi connectivity index (χ2n) is 4.20. The molecule has 0 aliphatic heterocycles. The van der Waals surface area contributed by atoms with Crippen LogP contribution in [0, 0.1) is 11.8 Å². The third-order valence-corrected chi connectivity index (χ3v) is 2.91. The van der Waals surface area contributed by atoms with Crippen LogP contribution in [-0.4, -0.2) is 18.6 Å². The van der Waals surface area contributed by atoms with Crippen molar-refractivity contribution >= 4 is 0 Å². The van der Waals surface area contributed by atoms with Gasteiger partial charge in [-0.25, -0.2) is 0 Å². The van der Waals surface area contributed by atoms with Crippen LogP contribution in [0.25, 0.3) is 0 Å². The van der Waals surface area contributed by atoms with E-state index in [4.69, 9.17) is 5.73 Å². The molecule has 2 atom stereocenters. The van der Waals surface area contributed by atoms with Crippen molar-refractivity contribution in [2.45, 2.75) is 19.9 Å². The molecule has 0 aliphatic carbocycles. The first-order valence-electron chi connectivity index (χ1n) is 5.48. The number of hydrogen-bond acceptors (Lipinski definition) is 3. The van der Waals surface area contributed by atoms with E-state index in [1.54, 1.807) is 6.20 Å². The normalized spacial score (nSPS) is 15.3. The van der Waals surface area contributed by atoms with Gasteiger partial charge in [-0.2, -0.15) is 0 Å². The fourth-order valence-electron chi connectivity index (χ4n) is 1.98. The van der Waals surface area contributed by atoms with Gasteiger partial charge >= 0.3 is 0 Å². The van der Waals surface area contributed by atoms with Gasteiger partial charge in [-0.15, -0.1) is 0 Å². The zero-order valence-electron chi connectivity index (χ0n) is 9.77. The number of nitrogens with zero attached hydrogens (tertiary/aromatic N) is 1. The lowest BCUT2D eigenvalue weighted by molar-refractivity contribution is 0.298. The van der Waals surface area contributed by atoms with E-state index in [0.717, 1.165) is 0 Å². The SMILES string of the molecule is CNC(c1cccnc1)C(CN)C(C)C. The molecule has 0 fully saturated rings. The highest BCUT2D eigenvalue weighted by Crippen LogP contribution is 2.26. The Morgan fingerprint density at radius 1 is 1.47 bits per heavy atom. The number of nitrogens with two attached hydrogens (primary N) is 1. The molecule has 0 saturated heterocycles. The summed E-state index contributed by atoms with van der Waals surface area (Å²) in [4.78, 5) is 4.15. The van der Waals surface area contributed by atoms with Gasteiger partial charge in [0, 0.05) is 18.4 Å². The summed E-state index contributed by atoms with van der Waals surface area (Å²) < 4.78 is 0. The first-order chi connectivity index (χ1) is 7.20. The molecule has 3 N–H and O–H groups in total. The van der Waals surface area contributed by atoms with E-state index >= 15 is 0 Å². The highest BCUT2D eigenvalue weighted by atomic mass is 14.9. The van der Waals surface area contributed by atoms with Gasteiger partial charge in [-0.05, 0) is 37.1 Å². The Bertz CT molecular complexity index is 271. The fraction of sp³-hybridized carbons (Fsp3) is 0.583. The predicted molar refractivity (Wildman–Crippen MR) is 63.4 cm³/mol. The van der Waals surface area contributed by atoms with Crippen molar-refractivity contribution in [2.24, 2.45) is 17.6 Å². The molecule has 1 aromatic rings. The first-order valence-corrected chi connectivity index (χ1v) is 5.48. The maximum absolute atomic E-state index is 5.83. The summed E-state index contributed by atoms with van der Waals surface area (Å²) in [5.41, 5.74) is 7.04. The van der Waals surface area contributed by atoms with Crippen LogP contribution in [0.5, 0.6) is 0 Å². The van der Waals surface area contributed by atoms with Gasteiger partial charge in [0.05, 0.1) is 0 Å². The van der Waals surface area contributed by atoms with E-state index < -0.39 is 0 Å². The molecule has 3 nitrogen and oxygen atoms in total. The smallest absolute Gasteiger partial charge is 0.0376 e. The van der Waals surface area contributed by atoms with Gasteiger partial charge < -0.3 is 11.1 Å². The minimum Gasteiger partial charge on any atom is -0.330 e. The molecule has 3 heteroatoms. The van der Waals surface area contributed by atoms with Gasteiger partial charge in [0.2, 0.25) is 0 Å². The summed E-state index contributed by atoms with van der Waals surface area (Å²) in [6.07, 6.45) is 3.70. The maximum Gasteiger partial charge on any atom is 0.0376 e. The number of hydrogen-bond donors (Lipinski definition) is 2. The monoisotopic (exact) mass is 207 g/mol. The van der Waals surface area contributed by atoms with E-state index in [9.17, 15) is 0 Å². The Morgan fingerprint density at radius 2 is 2.20 bits per heavy atom. The number of rotatable bonds is 5. The van der Waals surface area contributed by atoms with Crippen molar-refractivity contribution in [3.63, 3.8) is 0 Å². The zero-order chi connectivity index (χ0) is 11.3. The van der Waals surface area contributed by atoms with Crippen LogP contribution in [0.15, 0.2) is 24.5 Å². The van der Waals surface area contributed by atoms with Gasteiger partial charge in [-0.1, -0.05) is 19.9 Å². The molecule has 1 heterocycles.